The number of halogens is 1. The second-order valence-corrected chi connectivity index (χ2v) is 6.05. The molecule has 1 fully saturated rings. The van der Waals surface area contributed by atoms with Gasteiger partial charge in [0.25, 0.3) is 0 Å². The Morgan fingerprint density at radius 1 is 1.56 bits per heavy atom. The maximum absolute atomic E-state index is 12.2. The van der Waals surface area contributed by atoms with E-state index in [1.807, 2.05) is 0 Å². The number of nitrogens with zero attached hydrogens (tertiary/aromatic N) is 2. The SMILES string of the molecule is O=S(=O)(c1cn[nH]c1)N1CCCCC1CCl. The van der Waals surface area contributed by atoms with Crippen molar-refractivity contribution in [2.45, 2.75) is 30.2 Å². The number of piperidine rings is 1. The third kappa shape index (κ3) is 2.09. The number of sulfonamides is 1. The molecule has 1 aromatic heterocycles. The number of alkyl halides is 1. The van der Waals surface area contributed by atoms with E-state index >= 15 is 0 Å². The van der Waals surface area contributed by atoms with E-state index in [0.29, 0.717) is 12.4 Å². The molecule has 1 aliphatic rings. The quantitative estimate of drug-likeness (QED) is 0.833. The average molecular weight is 264 g/mol. The van der Waals surface area contributed by atoms with Crippen molar-refractivity contribution in [1.82, 2.24) is 14.5 Å². The highest BCUT2D eigenvalue weighted by atomic mass is 35.5. The summed E-state index contributed by atoms with van der Waals surface area (Å²) < 4.78 is 25.9. The van der Waals surface area contributed by atoms with Crippen LogP contribution in [0.1, 0.15) is 19.3 Å². The van der Waals surface area contributed by atoms with E-state index in [0.717, 1.165) is 19.3 Å². The molecule has 1 N–H and O–H groups in total. The van der Waals surface area contributed by atoms with Crippen LogP contribution in [0.5, 0.6) is 0 Å². The molecule has 1 saturated heterocycles. The molecular formula is C9H14ClN3O2S. The summed E-state index contributed by atoms with van der Waals surface area (Å²) in [6, 6.07) is -0.0877. The predicted molar refractivity (Wildman–Crippen MR) is 60.8 cm³/mol. The third-order valence-electron chi connectivity index (χ3n) is 2.83. The molecule has 1 aromatic rings. The highest BCUT2D eigenvalue weighted by molar-refractivity contribution is 7.89. The Hall–Kier alpha value is -0.590. The highest BCUT2D eigenvalue weighted by Crippen LogP contribution is 2.25. The molecule has 5 nitrogen and oxygen atoms in total. The maximum Gasteiger partial charge on any atom is 0.246 e. The molecule has 2 heterocycles. The van der Waals surface area contributed by atoms with Crippen molar-refractivity contribution in [2.24, 2.45) is 0 Å². The summed E-state index contributed by atoms with van der Waals surface area (Å²) in [4.78, 5) is 0.213. The van der Waals surface area contributed by atoms with Crippen molar-refractivity contribution in [3.8, 4) is 0 Å². The number of nitrogens with one attached hydrogen (secondary N) is 1. The van der Waals surface area contributed by atoms with E-state index in [1.165, 1.54) is 16.7 Å². The van der Waals surface area contributed by atoms with Gasteiger partial charge in [-0.1, -0.05) is 6.42 Å². The Balaban J connectivity index is 2.28. The number of aromatic nitrogens is 2. The van der Waals surface area contributed by atoms with Gasteiger partial charge in [-0.05, 0) is 12.8 Å². The van der Waals surface area contributed by atoms with E-state index in [2.05, 4.69) is 10.2 Å². The first-order chi connectivity index (χ1) is 7.66. The van der Waals surface area contributed by atoms with Gasteiger partial charge in [-0.2, -0.15) is 9.40 Å². The lowest BCUT2D eigenvalue weighted by atomic mass is 10.1. The fourth-order valence-corrected chi connectivity index (χ4v) is 3.96. The van der Waals surface area contributed by atoms with Gasteiger partial charge in [0.1, 0.15) is 4.90 Å². The Bertz CT molecular complexity index is 432. The van der Waals surface area contributed by atoms with Crippen molar-refractivity contribution >= 4 is 21.6 Å². The van der Waals surface area contributed by atoms with Gasteiger partial charge in [0.15, 0.2) is 0 Å². The van der Waals surface area contributed by atoms with Crippen LogP contribution in [0.3, 0.4) is 0 Å². The number of aromatic amines is 1. The van der Waals surface area contributed by atoms with Gasteiger partial charge in [-0.25, -0.2) is 8.42 Å². The van der Waals surface area contributed by atoms with Crippen molar-refractivity contribution in [3.63, 3.8) is 0 Å². The van der Waals surface area contributed by atoms with Gasteiger partial charge in [0.05, 0.1) is 6.20 Å². The highest BCUT2D eigenvalue weighted by Gasteiger charge is 2.33. The molecule has 0 radical (unpaired) electrons. The molecule has 1 atom stereocenters. The first-order valence-corrected chi connectivity index (χ1v) is 7.20. The smallest absolute Gasteiger partial charge is 0.246 e. The first kappa shape index (κ1) is 11.9. The molecular weight excluding hydrogens is 250 g/mol. The normalized spacial score (nSPS) is 23.4. The van der Waals surface area contributed by atoms with Crippen LogP contribution in [0.2, 0.25) is 0 Å². The number of hydrogen-bond donors (Lipinski definition) is 1. The maximum atomic E-state index is 12.2. The van der Waals surface area contributed by atoms with Gasteiger partial charge >= 0.3 is 0 Å². The fourth-order valence-electron chi connectivity index (χ4n) is 1.96. The Morgan fingerprint density at radius 2 is 2.38 bits per heavy atom. The summed E-state index contributed by atoms with van der Waals surface area (Å²) in [6.07, 6.45) is 5.49. The number of rotatable bonds is 3. The van der Waals surface area contributed by atoms with E-state index in [4.69, 9.17) is 11.6 Å². The minimum atomic E-state index is -3.42. The van der Waals surface area contributed by atoms with Crippen molar-refractivity contribution in [3.05, 3.63) is 12.4 Å². The van der Waals surface area contributed by atoms with Crippen LogP contribution < -0.4 is 0 Å². The molecule has 7 heteroatoms. The lowest BCUT2D eigenvalue weighted by molar-refractivity contribution is 0.271. The summed E-state index contributed by atoms with van der Waals surface area (Å²) >= 11 is 5.81. The minimum Gasteiger partial charge on any atom is -0.284 e. The van der Waals surface area contributed by atoms with Gasteiger partial charge in [-0.15, -0.1) is 11.6 Å². The van der Waals surface area contributed by atoms with Crippen LogP contribution in [-0.4, -0.2) is 41.4 Å². The van der Waals surface area contributed by atoms with Crippen molar-refractivity contribution in [2.75, 3.05) is 12.4 Å². The molecule has 1 aliphatic heterocycles. The molecule has 0 bridgehead atoms. The number of hydrogen-bond acceptors (Lipinski definition) is 3. The summed E-state index contributed by atoms with van der Waals surface area (Å²) in [5.41, 5.74) is 0. The lowest BCUT2D eigenvalue weighted by Crippen LogP contribution is -2.44. The molecule has 0 amide bonds. The Morgan fingerprint density at radius 3 is 3.00 bits per heavy atom. The Labute approximate surface area is 99.8 Å². The van der Waals surface area contributed by atoms with Crippen LogP contribution in [0.25, 0.3) is 0 Å². The summed E-state index contributed by atoms with van der Waals surface area (Å²) in [5.74, 6) is 0.344. The van der Waals surface area contributed by atoms with Crippen LogP contribution in [0.4, 0.5) is 0 Å². The Kier molecular flexibility index (Phi) is 3.51. The van der Waals surface area contributed by atoms with E-state index < -0.39 is 10.0 Å². The zero-order valence-electron chi connectivity index (χ0n) is 8.76. The van der Waals surface area contributed by atoms with Crippen LogP contribution in [0.15, 0.2) is 17.3 Å². The largest absolute Gasteiger partial charge is 0.284 e. The van der Waals surface area contributed by atoms with Crippen molar-refractivity contribution in [1.29, 1.82) is 0 Å². The van der Waals surface area contributed by atoms with Gasteiger partial charge in [-0.3, -0.25) is 5.10 Å². The van der Waals surface area contributed by atoms with Gasteiger partial charge in [0, 0.05) is 24.7 Å². The monoisotopic (exact) mass is 263 g/mol. The van der Waals surface area contributed by atoms with E-state index in [1.54, 1.807) is 0 Å². The predicted octanol–water partition coefficient (Wildman–Crippen LogP) is 1.19. The molecule has 2 rings (SSSR count). The fraction of sp³-hybridized carbons (Fsp3) is 0.667. The second kappa shape index (κ2) is 4.73. The summed E-state index contributed by atoms with van der Waals surface area (Å²) in [5, 5.41) is 6.19. The average Bonchev–Trinajstić information content (AvgIpc) is 2.83. The third-order valence-corrected chi connectivity index (χ3v) is 5.10. The first-order valence-electron chi connectivity index (χ1n) is 5.23. The van der Waals surface area contributed by atoms with Crippen LogP contribution in [-0.2, 0) is 10.0 Å². The zero-order chi connectivity index (χ0) is 11.6. The summed E-state index contributed by atoms with van der Waals surface area (Å²) in [6.45, 7) is 0.547. The number of H-pyrrole nitrogens is 1. The topological polar surface area (TPSA) is 66.1 Å². The molecule has 0 saturated carbocycles. The van der Waals surface area contributed by atoms with Crippen LogP contribution in [0, 0.1) is 0 Å². The van der Waals surface area contributed by atoms with Crippen molar-refractivity contribution < 1.29 is 8.42 Å². The van der Waals surface area contributed by atoms with E-state index in [9.17, 15) is 8.42 Å². The van der Waals surface area contributed by atoms with Crippen LogP contribution >= 0.6 is 11.6 Å². The molecule has 0 aromatic carbocycles. The molecule has 90 valence electrons. The second-order valence-electron chi connectivity index (χ2n) is 3.85. The van der Waals surface area contributed by atoms with Gasteiger partial charge in [0.2, 0.25) is 10.0 Å². The summed E-state index contributed by atoms with van der Waals surface area (Å²) in [7, 11) is -3.42. The zero-order valence-corrected chi connectivity index (χ0v) is 10.3. The van der Waals surface area contributed by atoms with E-state index in [-0.39, 0.29) is 10.9 Å². The lowest BCUT2D eigenvalue weighted by Gasteiger charge is -2.32. The molecule has 1 unspecified atom stereocenters. The van der Waals surface area contributed by atoms with Gasteiger partial charge < -0.3 is 0 Å². The molecule has 16 heavy (non-hydrogen) atoms. The molecule has 0 aliphatic carbocycles. The minimum absolute atomic E-state index is 0.0877. The molecule has 0 spiro atoms. The standard InChI is InChI=1S/C9H14ClN3O2S/c10-5-8-3-1-2-4-13(8)16(14,15)9-6-11-12-7-9/h6-8H,1-5H2,(H,11,12).